The van der Waals surface area contributed by atoms with Crippen LogP contribution in [-0.2, 0) is 20.8 Å². The number of hydrogen-bond acceptors (Lipinski definition) is 5. The van der Waals surface area contributed by atoms with E-state index in [0.29, 0.717) is 23.9 Å². The van der Waals surface area contributed by atoms with E-state index in [1.165, 1.54) is 0 Å². The number of aliphatic carboxylic acids is 1. The molecule has 2 amide bonds. The first-order chi connectivity index (χ1) is 18.6. The fourth-order valence-corrected chi connectivity index (χ4v) is 4.48. The lowest BCUT2D eigenvalue weighted by Gasteiger charge is -2.29. The van der Waals surface area contributed by atoms with E-state index in [2.05, 4.69) is 15.6 Å². The smallest absolute Gasteiger partial charge is 0.329 e. The van der Waals surface area contributed by atoms with Crippen LogP contribution in [0, 0.1) is 11.8 Å². The minimum atomic E-state index is -1.27. The van der Waals surface area contributed by atoms with Crippen LogP contribution in [-0.4, -0.2) is 44.5 Å². The standard InChI is InChI=1S/C29H36N4O6/c1-5-17(3)23(26(35)32-24(28(37)38)18(4)6-2)31-25(34)22(16-19-12-8-7-9-13-19)33-27(36)20-14-10-11-15-21(20)30-29(33)39/h7-15,17-18,22-24H,5-6,16H2,1-4H3,(H,30,39)(H,31,34)(H,32,35)(H,37,38)/t17-,18-,22-,23+,24+/m1/s1. The van der Waals surface area contributed by atoms with Crippen LogP contribution in [0.5, 0.6) is 0 Å². The quantitative estimate of drug-likeness (QED) is 0.279. The Morgan fingerprint density at radius 2 is 1.41 bits per heavy atom. The number of amides is 2. The van der Waals surface area contributed by atoms with Gasteiger partial charge in [-0.05, 0) is 29.5 Å². The summed E-state index contributed by atoms with van der Waals surface area (Å²) in [6.07, 6.45) is 1.07. The molecule has 2 aromatic carbocycles. The molecule has 3 rings (SSSR count). The van der Waals surface area contributed by atoms with Gasteiger partial charge in [-0.1, -0.05) is 83.0 Å². The zero-order chi connectivity index (χ0) is 28.7. The number of carbonyl (C=O) groups excluding carboxylic acids is 2. The molecule has 0 unspecified atom stereocenters. The Bertz CT molecular complexity index is 1430. The first kappa shape index (κ1) is 29.3. The summed E-state index contributed by atoms with van der Waals surface area (Å²) in [4.78, 5) is 68.2. The van der Waals surface area contributed by atoms with Crippen LogP contribution in [0.2, 0.25) is 0 Å². The van der Waals surface area contributed by atoms with Gasteiger partial charge in [-0.15, -0.1) is 0 Å². The molecule has 3 aromatic rings. The van der Waals surface area contributed by atoms with Gasteiger partial charge in [0.15, 0.2) is 0 Å². The number of hydrogen-bond donors (Lipinski definition) is 4. The number of para-hydroxylation sites is 1. The molecule has 0 spiro atoms. The lowest BCUT2D eigenvalue weighted by Crippen LogP contribution is -2.57. The van der Waals surface area contributed by atoms with E-state index < -0.39 is 47.2 Å². The van der Waals surface area contributed by atoms with Gasteiger partial charge in [0.1, 0.15) is 18.1 Å². The molecule has 0 fully saturated rings. The normalized spacial score (nSPS) is 15.1. The fourth-order valence-electron chi connectivity index (χ4n) is 4.48. The van der Waals surface area contributed by atoms with Crippen molar-refractivity contribution in [3.63, 3.8) is 0 Å². The summed E-state index contributed by atoms with van der Waals surface area (Å²) in [6.45, 7) is 7.17. The highest BCUT2D eigenvalue weighted by Crippen LogP contribution is 2.17. The summed E-state index contributed by atoms with van der Waals surface area (Å²) in [6, 6.07) is 12.0. The highest BCUT2D eigenvalue weighted by molar-refractivity contribution is 5.92. The van der Waals surface area contributed by atoms with Crippen molar-refractivity contribution in [1.82, 2.24) is 20.2 Å². The van der Waals surface area contributed by atoms with Crippen molar-refractivity contribution in [2.45, 2.75) is 65.1 Å². The number of H-pyrrole nitrogens is 1. The molecule has 4 N–H and O–H groups in total. The molecule has 1 heterocycles. The topological polar surface area (TPSA) is 150 Å². The second kappa shape index (κ2) is 13.0. The largest absolute Gasteiger partial charge is 0.480 e. The summed E-state index contributed by atoms with van der Waals surface area (Å²) in [5.41, 5.74) is -0.312. The molecule has 10 heteroatoms. The molecule has 5 atom stereocenters. The molecule has 0 bridgehead atoms. The fraction of sp³-hybridized carbons (Fsp3) is 0.414. The third kappa shape index (κ3) is 6.81. The Balaban J connectivity index is 2.03. The molecular formula is C29H36N4O6. The number of nitrogens with one attached hydrogen (secondary N) is 3. The van der Waals surface area contributed by atoms with Crippen molar-refractivity contribution >= 4 is 28.7 Å². The highest BCUT2D eigenvalue weighted by atomic mass is 16.4. The zero-order valence-corrected chi connectivity index (χ0v) is 22.6. The number of carboxylic acids is 1. The Hall–Kier alpha value is -4.21. The number of fused-ring (bicyclic) bond motifs is 1. The van der Waals surface area contributed by atoms with E-state index in [1.807, 2.05) is 19.9 Å². The van der Waals surface area contributed by atoms with Crippen molar-refractivity contribution in [3.05, 3.63) is 81.0 Å². The van der Waals surface area contributed by atoms with Gasteiger partial charge in [0, 0.05) is 6.42 Å². The van der Waals surface area contributed by atoms with Crippen LogP contribution in [0.4, 0.5) is 0 Å². The van der Waals surface area contributed by atoms with Crippen LogP contribution in [0.1, 0.15) is 52.1 Å². The van der Waals surface area contributed by atoms with Gasteiger partial charge < -0.3 is 20.7 Å². The van der Waals surface area contributed by atoms with E-state index in [1.54, 1.807) is 62.4 Å². The van der Waals surface area contributed by atoms with Crippen molar-refractivity contribution in [2.24, 2.45) is 11.8 Å². The summed E-state index contributed by atoms with van der Waals surface area (Å²) in [5.74, 6) is -3.19. The molecule has 208 valence electrons. The number of benzene rings is 2. The lowest BCUT2D eigenvalue weighted by atomic mass is 9.95. The number of carbonyl (C=O) groups is 3. The highest BCUT2D eigenvalue weighted by Gasteiger charge is 2.34. The van der Waals surface area contributed by atoms with Crippen LogP contribution in [0.15, 0.2) is 64.2 Å². The zero-order valence-electron chi connectivity index (χ0n) is 22.6. The molecule has 0 saturated carbocycles. The summed E-state index contributed by atoms with van der Waals surface area (Å²) in [5, 5.41) is 15.2. The van der Waals surface area contributed by atoms with Gasteiger partial charge >= 0.3 is 11.7 Å². The first-order valence-electron chi connectivity index (χ1n) is 13.2. The number of rotatable bonds is 12. The monoisotopic (exact) mass is 536 g/mol. The Morgan fingerprint density at radius 1 is 0.846 bits per heavy atom. The minimum absolute atomic E-state index is 0.0213. The predicted molar refractivity (Wildman–Crippen MR) is 148 cm³/mol. The van der Waals surface area contributed by atoms with Crippen molar-refractivity contribution in [3.8, 4) is 0 Å². The molecule has 0 saturated heterocycles. The van der Waals surface area contributed by atoms with Gasteiger partial charge in [0.2, 0.25) is 11.8 Å². The Morgan fingerprint density at radius 3 is 2.03 bits per heavy atom. The third-order valence-corrected chi connectivity index (χ3v) is 7.29. The second-order valence-corrected chi connectivity index (χ2v) is 9.94. The molecule has 0 aliphatic rings. The van der Waals surface area contributed by atoms with E-state index >= 15 is 0 Å². The molecule has 39 heavy (non-hydrogen) atoms. The van der Waals surface area contributed by atoms with Crippen LogP contribution >= 0.6 is 0 Å². The maximum absolute atomic E-state index is 13.8. The molecule has 0 aliphatic heterocycles. The summed E-state index contributed by atoms with van der Waals surface area (Å²) in [7, 11) is 0. The van der Waals surface area contributed by atoms with Crippen molar-refractivity contribution in [1.29, 1.82) is 0 Å². The molecule has 1 aromatic heterocycles. The summed E-state index contributed by atoms with van der Waals surface area (Å²) < 4.78 is 0.884. The number of aromatic amines is 1. The van der Waals surface area contributed by atoms with Crippen LogP contribution < -0.4 is 21.9 Å². The van der Waals surface area contributed by atoms with E-state index in [-0.39, 0.29) is 23.6 Å². The van der Waals surface area contributed by atoms with Crippen molar-refractivity contribution in [2.75, 3.05) is 0 Å². The van der Waals surface area contributed by atoms with E-state index in [4.69, 9.17) is 0 Å². The summed E-state index contributed by atoms with van der Waals surface area (Å²) >= 11 is 0. The molecule has 0 aliphatic carbocycles. The van der Waals surface area contributed by atoms with Gasteiger partial charge in [-0.25, -0.2) is 14.2 Å². The van der Waals surface area contributed by atoms with Crippen LogP contribution in [0.3, 0.4) is 0 Å². The van der Waals surface area contributed by atoms with Gasteiger partial charge in [-0.2, -0.15) is 0 Å². The van der Waals surface area contributed by atoms with Crippen molar-refractivity contribution < 1.29 is 19.5 Å². The maximum atomic E-state index is 13.8. The Labute approximate surface area is 226 Å². The lowest BCUT2D eigenvalue weighted by molar-refractivity contribution is -0.144. The predicted octanol–water partition coefficient (Wildman–Crippen LogP) is 2.62. The average molecular weight is 537 g/mol. The third-order valence-electron chi connectivity index (χ3n) is 7.29. The van der Waals surface area contributed by atoms with E-state index in [0.717, 1.165) is 4.57 Å². The van der Waals surface area contributed by atoms with Gasteiger partial charge in [-0.3, -0.25) is 14.4 Å². The first-order valence-corrected chi connectivity index (χ1v) is 13.2. The van der Waals surface area contributed by atoms with Gasteiger partial charge in [0.05, 0.1) is 10.9 Å². The number of aromatic nitrogens is 2. The SMILES string of the molecule is CC[C@@H](C)[C@H](NC(=O)[C@@H](NC(=O)[C@@H](Cc1ccccc1)n1c(=O)[nH]c2ccccc2c1=O)[C@H](C)CC)C(=O)O. The van der Waals surface area contributed by atoms with Crippen LogP contribution in [0.25, 0.3) is 10.9 Å². The Kier molecular flexibility index (Phi) is 9.81. The second-order valence-electron chi connectivity index (χ2n) is 9.94. The minimum Gasteiger partial charge on any atom is -0.480 e. The molecule has 0 radical (unpaired) electrons. The van der Waals surface area contributed by atoms with E-state index in [9.17, 15) is 29.1 Å². The van der Waals surface area contributed by atoms with Gasteiger partial charge in [0.25, 0.3) is 5.56 Å². The maximum Gasteiger partial charge on any atom is 0.329 e. The number of nitrogens with zero attached hydrogens (tertiary/aromatic N) is 1. The molecular weight excluding hydrogens is 500 g/mol. The average Bonchev–Trinajstić information content (AvgIpc) is 2.93. The number of carboxylic acid groups (broad SMARTS) is 1. The molecule has 10 nitrogen and oxygen atoms in total.